The van der Waals surface area contributed by atoms with Crippen molar-refractivity contribution in [3.05, 3.63) is 53.6 Å². The molecule has 0 aliphatic heterocycles. The number of fused-ring (bicyclic) bond motifs is 1. The van der Waals surface area contributed by atoms with Crippen LogP contribution in [0.1, 0.15) is 11.1 Å². The molecule has 0 atom stereocenters. The molecule has 114 valence electrons. The molecule has 3 aromatic rings. The maximum absolute atomic E-state index is 11.6. The van der Waals surface area contributed by atoms with Gasteiger partial charge in [-0.2, -0.15) is 0 Å². The first kappa shape index (κ1) is 15.0. The van der Waals surface area contributed by atoms with Crippen LogP contribution in [-0.4, -0.2) is 19.7 Å². The first-order chi connectivity index (χ1) is 10.4. The number of anilines is 1. The van der Waals surface area contributed by atoms with Gasteiger partial charge in [0, 0.05) is 12.8 Å². The summed E-state index contributed by atoms with van der Waals surface area (Å²) in [4.78, 5) is 4.82. The van der Waals surface area contributed by atoms with Crippen LogP contribution >= 0.6 is 11.3 Å². The molecular formula is C16H16N2O2S2. The van der Waals surface area contributed by atoms with Crippen molar-refractivity contribution < 1.29 is 8.42 Å². The predicted molar refractivity (Wildman–Crippen MR) is 91.2 cm³/mol. The largest absolute Gasteiger partial charge is 0.357 e. The summed E-state index contributed by atoms with van der Waals surface area (Å²) in [6.07, 6.45) is 1.21. The van der Waals surface area contributed by atoms with Gasteiger partial charge in [-0.1, -0.05) is 35.6 Å². The number of hydrogen-bond acceptors (Lipinski definition) is 5. The van der Waals surface area contributed by atoms with E-state index >= 15 is 0 Å². The van der Waals surface area contributed by atoms with E-state index in [2.05, 4.69) is 29.4 Å². The first-order valence-corrected chi connectivity index (χ1v) is 9.53. The molecule has 0 spiro atoms. The lowest BCUT2D eigenvalue weighted by molar-refractivity contribution is 0.602. The minimum atomic E-state index is -3.19. The number of nitrogens with one attached hydrogen (secondary N) is 1. The molecule has 2 aromatic carbocycles. The van der Waals surface area contributed by atoms with Gasteiger partial charge in [-0.3, -0.25) is 0 Å². The minimum absolute atomic E-state index is 0.328. The Morgan fingerprint density at radius 1 is 1.18 bits per heavy atom. The summed E-state index contributed by atoms with van der Waals surface area (Å²) in [7, 11) is -3.19. The van der Waals surface area contributed by atoms with Gasteiger partial charge in [-0.15, -0.1) is 0 Å². The number of nitrogens with zero attached hydrogens (tertiary/aromatic N) is 1. The van der Waals surface area contributed by atoms with Crippen molar-refractivity contribution in [2.75, 3.05) is 11.6 Å². The third-order valence-electron chi connectivity index (χ3n) is 3.48. The summed E-state index contributed by atoms with van der Waals surface area (Å²) in [5.41, 5.74) is 3.26. The fourth-order valence-electron chi connectivity index (χ4n) is 2.19. The number of sulfone groups is 1. The van der Waals surface area contributed by atoms with Crippen LogP contribution in [0.5, 0.6) is 0 Å². The predicted octanol–water partition coefficient (Wildman–Crippen LogP) is 3.62. The van der Waals surface area contributed by atoms with Crippen LogP contribution in [-0.2, 0) is 16.4 Å². The Kier molecular flexibility index (Phi) is 3.88. The average molecular weight is 332 g/mol. The Labute approximate surface area is 133 Å². The number of hydrogen-bond donors (Lipinski definition) is 1. The van der Waals surface area contributed by atoms with E-state index in [9.17, 15) is 8.42 Å². The fraction of sp³-hybridized carbons (Fsp3) is 0.188. The van der Waals surface area contributed by atoms with Crippen molar-refractivity contribution in [2.24, 2.45) is 0 Å². The zero-order valence-corrected chi connectivity index (χ0v) is 14.0. The zero-order chi connectivity index (χ0) is 15.7. The molecule has 0 fully saturated rings. The van der Waals surface area contributed by atoms with E-state index in [1.807, 2.05) is 12.1 Å². The minimum Gasteiger partial charge on any atom is -0.357 e. The molecular weight excluding hydrogens is 316 g/mol. The van der Waals surface area contributed by atoms with Gasteiger partial charge >= 0.3 is 0 Å². The SMILES string of the molecule is Cc1ccccc1CNc1nc2ccc(S(C)(=O)=O)cc2s1. The summed E-state index contributed by atoms with van der Waals surface area (Å²) in [5, 5.41) is 4.10. The van der Waals surface area contributed by atoms with Gasteiger partial charge in [0.05, 0.1) is 15.1 Å². The number of benzene rings is 2. The normalized spacial score (nSPS) is 11.7. The average Bonchev–Trinajstić information content (AvgIpc) is 2.87. The lowest BCUT2D eigenvalue weighted by Gasteiger charge is -2.05. The molecule has 0 bridgehead atoms. The second-order valence-corrected chi connectivity index (χ2v) is 8.25. The van der Waals surface area contributed by atoms with Gasteiger partial charge in [-0.05, 0) is 36.2 Å². The van der Waals surface area contributed by atoms with Gasteiger partial charge in [-0.25, -0.2) is 13.4 Å². The summed E-state index contributed by atoms with van der Waals surface area (Å²) in [6.45, 7) is 2.78. The van der Waals surface area contributed by atoms with Crippen LogP contribution in [0.4, 0.5) is 5.13 Å². The van der Waals surface area contributed by atoms with E-state index in [0.29, 0.717) is 11.4 Å². The first-order valence-electron chi connectivity index (χ1n) is 6.82. The van der Waals surface area contributed by atoms with E-state index in [1.165, 1.54) is 28.7 Å². The smallest absolute Gasteiger partial charge is 0.184 e. The highest BCUT2D eigenvalue weighted by molar-refractivity contribution is 7.90. The molecule has 1 heterocycles. The van der Waals surface area contributed by atoms with Gasteiger partial charge in [0.25, 0.3) is 0 Å². The lowest BCUT2D eigenvalue weighted by Crippen LogP contribution is -2.00. The second kappa shape index (κ2) is 5.70. The molecule has 0 amide bonds. The fourth-order valence-corrected chi connectivity index (χ4v) is 3.81. The molecule has 0 saturated heterocycles. The highest BCUT2D eigenvalue weighted by Crippen LogP contribution is 2.28. The Balaban J connectivity index is 1.85. The van der Waals surface area contributed by atoms with Crippen molar-refractivity contribution in [1.29, 1.82) is 0 Å². The summed E-state index contributed by atoms with van der Waals surface area (Å²) < 4.78 is 24.1. The second-order valence-electron chi connectivity index (χ2n) is 5.20. The molecule has 0 saturated carbocycles. The number of aromatic nitrogens is 1. The molecule has 6 heteroatoms. The van der Waals surface area contributed by atoms with E-state index in [0.717, 1.165) is 15.3 Å². The monoisotopic (exact) mass is 332 g/mol. The van der Waals surface area contributed by atoms with Crippen LogP contribution < -0.4 is 5.32 Å². The molecule has 0 aliphatic carbocycles. The standard InChI is InChI=1S/C16H16N2O2S2/c1-11-5-3-4-6-12(11)10-17-16-18-14-8-7-13(22(2,19)20)9-15(14)21-16/h3-9H,10H2,1-2H3,(H,17,18). The maximum atomic E-state index is 11.6. The van der Waals surface area contributed by atoms with E-state index in [-0.39, 0.29) is 0 Å². The third-order valence-corrected chi connectivity index (χ3v) is 5.57. The Bertz CT molecular complexity index is 930. The number of aryl methyl sites for hydroxylation is 1. The van der Waals surface area contributed by atoms with E-state index in [1.54, 1.807) is 18.2 Å². The Hall–Kier alpha value is -1.92. The van der Waals surface area contributed by atoms with Gasteiger partial charge in [0.15, 0.2) is 15.0 Å². The molecule has 0 unspecified atom stereocenters. The topological polar surface area (TPSA) is 59.1 Å². The molecule has 0 radical (unpaired) electrons. The number of thiazole rings is 1. The molecule has 0 aliphatic rings. The zero-order valence-electron chi connectivity index (χ0n) is 12.3. The molecule has 3 rings (SSSR count). The Morgan fingerprint density at radius 2 is 1.95 bits per heavy atom. The molecule has 1 aromatic heterocycles. The Morgan fingerprint density at radius 3 is 2.68 bits per heavy atom. The van der Waals surface area contributed by atoms with Crippen LogP contribution in [0.2, 0.25) is 0 Å². The van der Waals surface area contributed by atoms with Crippen LogP contribution in [0.15, 0.2) is 47.4 Å². The van der Waals surface area contributed by atoms with Crippen molar-refractivity contribution >= 4 is 36.5 Å². The molecule has 4 nitrogen and oxygen atoms in total. The van der Waals surface area contributed by atoms with E-state index in [4.69, 9.17) is 0 Å². The van der Waals surface area contributed by atoms with Crippen LogP contribution in [0.25, 0.3) is 10.2 Å². The van der Waals surface area contributed by atoms with Gasteiger partial charge < -0.3 is 5.32 Å². The van der Waals surface area contributed by atoms with Crippen LogP contribution in [0, 0.1) is 6.92 Å². The lowest BCUT2D eigenvalue weighted by atomic mass is 10.1. The molecule has 22 heavy (non-hydrogen) atoms. The summed E-state index contributed by atoms with van der Waals surface area (Å²) >= 11 is 1.47. The highest BCUT2D eigenvalue weighted by Gasteiger charge is 2.10. The van der Waals surface area contributed by atoms with Crippen molar-refractivity contribution in [1.82, 2.24) is 4.98 Å². The van der Waals surface area contributed by atoms with Crippen LogP contribution in [0.3, 0.4) is 0 Å². The van der Waals surface area contributed by atoms with Crippen molar-refractivity contribution in [2.45, 2.75) is 18.4 Å². The van der Waals surface area contributed by atoms with Crippen molar-refractivity contribution in [3.63, 3.8) is 0 Å². The van der Waals surface area contributed by atoms with E-state index < -0.39 is 9.84 Å². The molecule has 1 N–H and O–H groups in total. The van der Waals surface area contributed by atoms with Crippen molar-refractivity contribution in [3.8, 4) is 0 Å². The highest BCUT2D eigenvalue weighted by atomic mass is 32.2. The summed E-state index contributed by atoms with van der Waals surface area (Å²) in [6, 6.07) is 13.2. The third kappa shape index (κ3) is 3.13. The number of rotatable bonds is 4. The van der Waals surface area contributed by atoms with Gasteiger partial charge in [0.2, 0.25) is 0 Å². The summed E-state index contributed by atoms with van der Waals surface area (Å²) in [5.74, 6) is 0. The quantitative estimate of drug-likeness (QED) is 0.793. The van der Waals surface area contributed by atoms with Gasteiger partial charge in [0.1, 0.15) is 0 Å². The maximum Gasteiger partial charge on any atom is 0.184 e.